The Morgan fingerprint density at radius 1 is 0.343 bits per heavy atom. The van der Waals surface area contributed by atoms with E-state index < -0.39 is 50.4 Å². The van der Waals surface area contributed by atoms with Crippen molar-refractivity contribution in [1.29, 1.82) is 0 Å². The van der Waals surface area contributed by atoms with Gasteiger partial charge in [-0.15, -0.1) is 0 Å². The predicted octanol–water partition coefficient (Wildman–Crippen LogP) is 24.1. The number of phenolic OH excluding ortho intramolecular Hbond substituents is 10. The van der Waals surface area contributed by atoms with E-state index in [4.69, 9.17) is 46.4 Å². The highest BCUT2D eigenvalue weighted by atomic mass is 79.9. The summed E-state index contributed by atoms with van der Waals surface area (Å²) in [5, 5.41) is 121. The Labute approximate surface area is 649 Å². The van der Waals surface area contributed by atoms with Crippen LogP contribution in [-0.4, -0.2) is 51.1 Å². The fourth-order valence-electron chi connectivity index (χ4n) is 17.4. The first-order chi connectivity index (χ1) is 48.0. The number of hydrogen-bond donors (Lipinski definition) is 10. The highest BCUT2D eigenvalue weighted by molar-refractivity contribution is 9.11. The molecule has 10 aromatic carbocycles. The molecule has 1 unspecified atom stereocenters. The van der Waals surface area contributed by atoms with Crippen molar-refractivity contribution in [1.82, 2.24) is 0 Å². The maximum Gasteiger partial charge on any atom is 0.152 e. The lowest BCUT2D eigenvalue weighted by molar-refractivity contribution is 0.0866. The predicted molar refractivity (Wildman–Crippen MR) is 424 cm³/mol. The molecular weight excluding hydrogens is 1630 g/mol. The number of phenols is 10. The first kappa shape index (κ1) is 76.4. The Hall–Kier alpha value is -6.72. The Morgan fingerprint density at radius 3 is 0.922 bits per heavy atom. The number of rotatable bonds is 18. The van der Waals surface area contributed by atoms with Crippen LogP contribution in [0.3, 0.4) is 0 Å². The van der Waals surface area contributed by atoms with Crippen molar-refractivity contribution in [3.8, 4) is 57.5 Å². The lowest BCUT2D eigenvalue weighted by atomic mass is 9.39. The van der Waals surface area contributed by atoms with Crippen molar-refractivity contribution in [3.63, 3.8) is 0 Å². The summed E-state index contributed by atoms with van der Waals surface area (Å²) >= 11 is 45.9. The largest absolute Gasteiger partial charge is 0.508 e. The standard InChI is InChI=1S/C84H80Br4Cl4O10/c1-42-24-53(25-43(2)72(42)95)80(9,54-26-44(3)73(96)45(4)27-54)41-82(57-28-46(5)74(97)47(6)29-57,58-30-48(7)75(98)49(8)31-58)71(81(10,55-32-63(85)76(99)64(86)33-55)56-34-65(87)77(100)66(88)35-56)40-83(59-36-67(89)78(101)68(90)37-59,60-38-69(91)79(102)70(92)39-60)84(50-14-12-11-13-15-50,51-16-20-61(93)21-17-51)52-18-22-62(94)23-19-52/h16-39,50,71,93-102H,11-15,40-41H2,1-10H3. The molecule has 0 radical (unpaired) electrons. The van der Waals surface area contributed by atoms with Crippen molar-refractivity contribution in [2.24, 2.45) is 11.8 Å². The molecule has 1 aliphatic carbocycles. The molecule has 1 aliphatic rings. The molecule has 1 saturated carbocycles. The number of hydrogen-bond acceptors (Lipinski definition) is 10. The van der Waals surface area contributed by atoms with E-state index in [1.165, 1.54) is 0 Å². The van der Waals surface area contributed by atoms with Gasteiger partial charge in [-0.05, 0) is 330 Å². The van der Waals surface area contributed by atoms with Crippen LogP contribution in [0.25, 0.3) is 0 Å². The first-order valence-corrected chi connectivity index (χ1v) is 38.2. The number of aryl methyl sites for hydroxylation is 8. The molecular formula is C84H80Br4Cl4O10. The van der Waals surface area contributed by atoms with Crippen molar-refractivity contribution < 1.29 is 51.1 Å². The van der Waals surface area contributed by atoms with E-state index in [0.29, 0.717) is 120 Å². The van der Waals surface area contributed by atoms with Crippen LogP contribution < -0.4 is 0 Å². The summed E-state index contributed by atoms with van der Waals surface area (Å²) in [6.45, 7) is 19.2. The molecule has 0 aromatic heterocycles. The van der Waals surface area contributed by atoms with Crippen LogP contribution in [0, 0.1) is 67.2 Å². The molecule has 18 heteroatoms. The minimum atomic E-state index is -1.87. The SMILES string of the molecule is Cc1cc(C(C)(CC(c2cc(C)c(O)c(C)c2)(c2cc(C)c(O)c(C)c2)C(CC(c2cc(Cl)c(O)c(Cl)c2)(c2cc(Cl)c(O)c(Cl)c2)C(c2ccc(O)cc2)(c2ccc(O)cc2)C2CCCCC2)C(C)(c2cc(Br)c(O)c(Br)c2)c2cc(Br)c(O)c(Br)c2)c2cc(C)c(O)c(C)c2)cc(C)c1O. The van der Waals surface area contributed by atoms with Crippen LogP contribution in [0.2, 0.25) is 20.1 Å². The summed E-state index contributed by atoms with van der Waals surface area (Å²) in [6, 6.07) is 44.6. The van der Waals surface area contributed by atoms with Gasteiger partial charge in [0.15, 0.2) is 11.5 Å². The Morgan fingerprint density at radius 2 is 0.627 bits per heavy atom. The fraction of sp³-hybridized carbons (Fsp3) is 0.286. The molecule has 0 bridgehead atoms. The topological polar surface area (TPSA) is 202 Å². The second-order valence-corrected chi connectivity index (χ2v) is 33.6. The van der Waals surface area contributed by atoms with Gasteiger partial charge in [0.05, 0.1) is 38.0 Å². The zero-order valence-corrected chi connectivity index (χ0v) is 67.3. The van der Waals surface area contributed by atoms with Gasteiger partial charge in [0.1, 0.15) is 46.0 Å². The smallest absolute Gasteiger partial charge is 0.152 e. The van der Waals surface area contributed by atoms with E-state index in [2.05, 4.69) is 77.6 Å². The highest BCUT2D eigenvalue weighted by Crippen LogP contribution is 2.70. The summed E-state index contributed by atoms with van der Waals surface area (Å²) in [5.41, 5.74) is 2.51. The molecule has 0 spiro atoms. The average molecular weight is 1710 g/mol. The third-order valence-corrected chi connectivity index (χ3v) is 26.1. The van der Waals surface area contributed by atoms with Crippen LogP contribution in [0.5, 0.6) is 57.5 Å². The lowest BCUT2D eigenvalue weighted by Crippen LogP contribution is -2.61. The van der Waals surface area contributed by atoms with Gasteiger partial charge in [-0.25, -0.2) is 0 Å². The van der Waals surface area contributed by atoms with Gasteiger partial charge in [-0.1, -0.05) is 152 Å². The van der Waals surface area contributed by atoms with E-state index >= 15 is 0 Å². The van der Waals surface area contributed by atoms with Crippen LogP contribution in [0.15, 0.2) is 163 Å². The summed E-state index contributed by atoms with van der Waals surface area (Å²) < 4.78 is 1.19. The summed E-state index contributed by atoms with van der Waals surface area (Å²) in [6.07, 6.45) is 3.39. The number of benzene rings is 10. The number of halogens is 8. The van der Waals surface area contributed by atoms with Crippen molar-refractivity contribution in [3.05, 3.63) is 284 Å². The van der Waals surface area contributed by atoms with Gasteiger partial charge in [0.2, 0.25) is 0 Å². The summed E-state index contributed by atoms with van der Waals surface area (Å²) in [4.78, 5) is 0. The maximum absolute atomic E-state index is 12.5. The molecule has 1 fully saturated rings. The molecule has 0 aliphatic heterocycles. The molecule has 1 atom stereocenters. The normalized spacial score (nSPS) is 13.8. The van der Waals surface area contributed by atoms with Gasteiger partial charge < -0.3 is 51.1 Å². The molecule has 11 rings (SSSR count). The monoisotopic (exact) mass is 1700 g/mol. The summed E-state index contributed by atoms with van der Waals surface area (Å²) in [7, 11) is 0. The van der Waals surface area contributed by atoms with Crippen molar-refractivity contribution >= 4 is 110 Å². The minimum Gasteiger partial charge on any atom is -0.508 e. The van der Waals surface area contributed by atoms with E-state index in [9.17, 15) is 51.1 Å². The molecule has 10 aromatic rings. The van der Waals surface area contributed by atoms with Gasteiger partial charge >= 0.3 is 0 Å². The Bertz CT molecular complexity index is 4500. The van der Waals surface area contributed by atoms with Gasteiger partial charge in [-0.3, -0.25) is 0 Å². The van der Waals surface area contributed by atoms with Gasteiger partial charge in [0, 0.05) is 27.1 Å². The Kier molecular flexibility index (Phi) is 21.7. The molecule has 0 saturated heterocycles. The van der Waals surface area contributed by atoms with Crippen molar-refractivity contribution in [2.45, 2.75) is 141 Å². The second kappa shape index (κ2) is 29.0. The fourth-order valence-corrected chi connectivity index (χ4v) is 20.7. The average Bonchev–Trinajstić information content (AvgIpc) is 0.675. The number of aromatic hydroxyl groups is 10. The molecule has 10 N–H and O–H groups in total. The van der Waals surface area contributed by atoms with E-state index in [1.807, 2.05) is 152 Å². The molecule has 0 heterocycles. The molecule has 0 amide bonds. The minimum absolute atomic E-state index is 0.0286. The van der Waals surface area contributed by atoms with Crippen molar-refractivity contribution in [2.75, 3.05) is 0 Å². The first-order valence-electron chi connectivity index (χ1n) is 33.5. The van der Waals surface area contributed by atoms with Crippen LogP contribution >= 0.6 is 110 Å². The zero-order valence-electron chi connectivity index (χ0n) is 58.0. The van der Waals surface area contributed by atoms with Crippen LogP contribution in [0.4, 0.5) is 0 Å². The second-order valence-electron chi connectivity index (χ2n) is 28.6. The Balaban J connectivity index is 1.57. The van der Waals surface area contributed by atoms with Gasteiger partial charge in [-0.2, -0.15) is 0 Å². The highest BCUT2D eigenvalue weighted by Gasteiger charge is 2.65. The van der Waals surface area contributed by atoms with Crippen LogP contribution in [-0.2, 0) is 27.1 Å². The third-order valence-electron chi connectivity index (χ3n) is 22.5. The summed E-state index contributed by atoms with van der Waals surface area (Å²) in [5.74, 6) is -2.46. The molecule has 532 valence electrons. The quantitative estimate of drug-likeness (QED) is 0.0394. The van der Waals surface area contributed by atoms with E-state index in [0.717, 1.165) is 30.4 Å². The van der Waals surface area contributed by atoms with Gasteiger partial charge in [0.25, 0.3) is 0 Å². The molecule has 102 heavy (non-hydrogen) atoms. The third kappa shape index (κ3) is 13.0. The maximum atomic E-state index is 12.5. The lowest BCUT2D eigenvalue weighted by Gasteiger charge is -2.62. The van der Waals surface area contributed by atoms with E-state index in [1.54, 1.807) is 48.5 Å². The molecule has 10 nitrogen and oxygen atoms in total. The van der Waals surface area contributed by atoms with Crippen LogP contribution in [0.1, 0.15) is 159 Å². The zero-order chi connectivity index (χ0) is 74.4. The van der Waals surface area contributed by atoms with E-state index in [-0.39, 0.29) is 78.9 Å².